The molecule has 3 rings (SSSR count). The van der Waals surface area contributed by atoms with E-state index >= 15 is 0 Å². The average molecular weight is 393 g/mol. The Morgan fingerprint density at radius 1 is 1.18 bits per heavy atom. The van der Waals surface area contributed by atoms with Gasteiger partial charge in [-0.05, 0) is 43.4 Å². The molecule has 2 aromatic rings. The van der Waals surface area contributed by atoms with Crippen molar-refractivity contribution in [1.82, 2.24) is 15.1 Å². The zero-order chi connectivity index (χ0) is 20.1. The predicted octanol–water partition coefficient (Wildman–Crippen LogP) is 3.66. The number of ether oxygens (including phenoxy) is 1. The van der Waals surface area contributed by atoms with Crippen LogP contribution < -0.4 is 4.74 Å². The number of hydrogen-bond donors (Lipinski definition) is 0. The quantitative estimate of drug-likeness (QED) is 0.778. The number of alkyl halides is 3. The number of carbonyl (C=O) groups is 1. The lowest BCUT2D eigenvalue weighted by atomic mass is 9.97. The summed E-state index contributed by atoms with van der Waals surface area (Å²) in [6.07, 6.45) is -2.86. The molecule has 150 valence electrons. The van der Waals surface area contributed by atoms with Crippen LogP contribution in [0.15, 0.2) is 36.4 Å². The summed E-state index contributed by atoms with van der Waals surface area (Å²) in [5, 5.41) is 7.90. The molecule has 28 heavy (non-hydrogen) atoms. The Labute approximate surface area is 161 Å². The van der Waals surface area contributed by atoms with Crippen molar-refractivity contribution in [2.75, 3.05) is 19.7 Å². The monoisotopic (exact) mass is 393 g/mol. The van der Waals surface area contributed by atoms with Crippen LogP contribution in [0.25, 0.3) is 0 Å². The summed E-state index contributed by atoms with van der Waals surface area (Å²) >= 11 is 0. The minimum absolute atomic E-state index is 0.0238. The molecule has 1 amide bonds. The molecule has 0 N–H and O–H groups in total. The molecule has 1 aliphatic heterocycles. The number of piperidine rings is 1. The van der Waals surface area contributed by atoms with Crippen molar-refractivity contribution in [3.63, 3.8) is 0 Å². The molecule has 0 bridgehead atoms. The van der Waals surface area contributed by atoms with E-state index in [0.717, 1.165) is 30.7 Å². The number of halogens is 3. The highest BCUT2D eigenvalue weighted by Crippen LogP contribution is 2.29. The van der Waals surface area contributed by atoms with Crippen LogP contribution in [0, 0.1) is 12.8 Å². The second-order valence-corrected chi connectivity index (χ2v) is 7.02. The van der Waals surface area contributed by atoms with Crippen molar-refractivity contribution in [1.29, 1.82) is 0 Å². The van der Waals surface area contributed by atoms with E-state index < -0.39 is 11.7 Å². The van der Waals surface area contributed by atoms with Crippen LogP contribution in [0.2, 0.25) is 0 Å². The van der Waals surface area contributed by atoms with Crippen molar-refractivity contribution in [2.24, 2.45) is 5.92 Å². The van der Waals surface area contributed by atoms with Gasteiger partial charge < -0.3 is 9.64 Å². The maximum Gasteiger partial charge on any atom is 0.416 e. The van der Waals surface area contributed by atoms with E-state index in [1.165, 1.54) is 6.07 Å². The van der Waals surface area contributed by atoms with Gasteiger partial charge in [0.15, 0.2) is 0 Å². The van der Waals surface area contributed by atoms with Crippen LogP contribution in [0.3, 0.4) is 0 Å². The summed E-state index contributed by atoms with van der Waals surface area (Å²) in [4.78, 5) is 14.2. The topological polar surface area (TPSA) is 55.3 Å². The van der Waals surface area contributed by atoms with E-state index in [0.29, 0.717) is 37.1 Å². The fraction of sp³-hybridized carbons (Fsp3) is 0.450. The second kappa shape index (κ2) is 8.58. The first kappa shape index (κ1) is 20.1. The van der Waals surface area contributed by atoms with Gasteiger partial charge in [-0.2, -0.15) is 18.3 Å². The Balaban J connectivity index is 1.46. The predicted molar refractivity (Wildman–Crippen MR) is 96.7 cm³/mol. The summed E-state index contributed by atoms with van der Waals surface area (Å²) in [5.74, 6) is 0.637. The molecule has 5 nitrogen and oxygen atoms in total. The summed E-state index contributed by atoms with van der Waals surface area (Å²) in [6, 6.07) is 8.55. The Morgan fingerprint density at radius 2 is 1.93 bits per heavy atom. The minimum atomic E-state index is -4.40. The fourth-order valence-electron chi connectivity index (χ4n) is 3.16. The highest BCUT2D eigenvalue weighted by atomic mass is 19.4. The Bertz CT molecular complexity index is 801. The second-order valence-electron chi connectivity index (χ2n) is 7.02. The number of hydrogen-bond acceptors (Lipinski definition) is 4. The van der Waals surface area contributed by atoms with Gasteiger partial charge in [-0.25, -0.2) is 0 Å². The van der Waals surface area contributed by atoms with Gasteiger partial charge in [0.25, 0.3) is 0 Å². The van der Waals surface area contributed by atoms with Gasteiger partial charge in [0, 0.05) is 19.2 Å². The smallest absolute Gasteiger partial charge is 0.416 e. The number of rotatable bonds is 5. The fourth-order valence-corrected chi connectivity index (χ4v) is 3.16. The molecule has 2 heterocycles. The van der Waals surface area contributed by atoms with Crippen LogP contribution >= 0.6 is 0 Å². The number of likely N-dealkylation sites (tertiary alicyclic amines) is 1. The van der Waals surface area contributed by atoms with E-state index in [4.69, 9.17) is 4.74 Å². The van der Waals surface area contributed by atoms with Gasteiger partial charge in [-0.1, -0.05) is 18.2 Å². The molecule has 0 saturated carbocycles. The molecular weight excluding hydrogens is 371 g/mol. The summed E-state index contributed by atoms with van der Waals surface area (Å²) < 4.78 is 44.1. The van der Waals surface area contributed by atoms with Crippen molar-refractivity contribution in [3.8, 4) is 5.88 Å². The largest absolute Gasteiger partial charge is 0.476 e. The lowest BCUT2D eigenvalue weighted by Gasteiger charge is -2.32. The molecule has 1 aromatic heterocycles. The Morgan fingerprint density at radius 3 is 2.57 bits per heavy atom. The molecule has 1 saturated heterocycles. The molecule has 0 radical (unpaired) electrons. The summed E-state index contributed by atoms with van der Waals surface area (Å²) in [7, 11) is 0. The van der Waals surface area contributed by atoms with E-state index in [2.05, 4.69) is 10.2 Å². The maximum atomic E-state index is 12.8. The van der Waals surface area contributed by atoms with Gasteiger partial charge in [-0.3, -0.25) is 4.79 Å². The highest BCUT2D eigenvalue weighted by molar-refractivity contribution is 5.78. The molecule has 0 spiro atoms. The lowest BCUT2D eigenvalue weighted by molar-refractivity contribution is -0.138. The SMILES string of the molecule is Cc1ccc(OCC2CCN(C(=O)Cc3cccc(C(F)(F)F)c3)CC2)nn1. The summed E-state index contributed by atoms with van der Waals surface area (Å²) in [6.45, 7) is 3.51. The molecule has 0 unspecified atom stereocenters. The van der Waals surface area contributed by atoms with E-state index in [1.807, 2.05) is 13.0 Å². The van der Waals surface area contributed by atoms with Gasteiger partial charge in [0.1, 0.15) is 0 Å². The zero-order valence-corrected chi connectivity index (χ0v) is 15.6. The highest BCUT2D eigenvalue weighted by Gasteiger charge is 2.31. The Hall–Kier alpha value is -2.64. The van der Waals surface area contributed by atoms with Crippen LogP contribution in [0.1, 0.15) is 29.7 Å². The number of nitrogens with zero attached hydrogens (tertiary/aromatic N) is 3. The Kier molecular flexibility index (Phi) is 6.16. The first-order valence-corrected chi connectivity index (χ1v) is 9.18. The molecule has 1 fully saturated rings. The van der Waals surface area contributed by atoms with Crippen molar-refractivity contribution < 1.29 is 22.7 Å². The number of benzene rings is 1. The first-order chi connectivity index (χ1) is 13.3. The number of amides is 1. The van der Waals surface area contributed by atoms with Crippen LogP contribution in [0.5, 0.6) is 5.88 Å². The molecule has 0 atom stereocenters. The first-order valence-electron chi connectivity index (χ1n) is 9.18. The molecular formula is C20H22F3N3O2. The molecule has 1 aliphatic rings. The van der Waals surface area contributed by atoms with Crippen LogP contribution in [0.4, 0.5) is 13.2 Å². The number of aromatic nitrogens is 2. The van der Waals surface area contributed by atoms with Crippen molar-refractivity contribution in [3.05, 3.63) is 53.2 Å². The van der Waals surface area contributed by atoms with Gasteiger partial charge in [0.05, 0.1) is 24.3 Å². The third kappa shape index (κ3) is 5.43. The summed E-state index contributed by atoms with van der Waals surface area (Å²) in [5.41, 5.74) is 0.469. The van der Waals surface area contributed by atoms with Gasteiger partial charge in [-0.15, -0.1) is 5.10 Å². The van der Waals surface area contributed by atoms with E-state index in [1.54, 1.807) is 17.0 Å². The average Bonchev–Trinajstić information content (AvgIpc) is 2.67. The molecule has 8 heteroatoms. The molecule has 1 aromatic carbocycles. The lowest BCUT2D eigenvalue weighted by Crippen LogP contribution is -2.40. The van der Waals surface area contributed by atoms with Gasteiger partial charge >= 0.3 is 6.18 Å². The van der Waals surface area contributed by atoms with Crippen molar-refractivity contribution >= 4 is 5.91 Å². The third-order valence-electron chi connectivity index (χ3n) is 4.82. The minimum Gasteiger partial charge on any atom is -0.476 e. The number of aryl methyl sites for hydroxylation is 1. The van der Waals surface area contributed by atoms with E-state index in [9.17, 15) is 18.0 Å². The molecule has 0 aliphatic carbocycles. The van der Waals surface area contributed by atoms with Crippen LogP contribution in [-0.4, -0.2) is 40.7 Å². The normalized spacial score (nSPS) is 15.5. The van der Waals surface area contributed by atoms with E-state index in [-0.39, 0.29) is 12.3 Å². The maximum absolute atomic E-state index is 12.8. The zero-order valence-electron chi connectivity index (χ0n) is 15.6. The standard InChI is InChI=1S/C20H22F3N3O2/c1-14-5-6-18(25-24-14)28-13-15-7-9-26(10-8-15)19(27)12-16-3-2-4-17(11-16)20(21,22)23/h2-6,11,15H,7-10,12-13H2,1H3. The van der Waals surface area contributed by atoms with Crippen molar-refractivity contribution in [2.45, 2.75) is 32.4 Å². The third-order valence-corrected chi connectivity index (χ3v) is 4.82. The number of carbonyl (C=O) groups excluding carboxylic acids is 1. The van der Waals surface area contributed by atoms with Gasteiger partial charge in [0.2, 0.25) is 11.8 Å². The van der Waals surface area contributed by atoms with Crippen LogP contribution in [-0.2, 0) is 17.4 Å².